The number of nitrogens with two attached hydrogens (primary N) is 1. The molecule has 4 heterocycles. The summed E-state index contributed by atoms with van der Waals surface area (Å²) in [5, 5.41) is 8.50. The van der Waals surface area contributed by atoms with Crippen LogP contribution in [0.3, 0.4) is 0 Å². The molecule has 3 aromatic heterocycles. The molecule has 1 aliphatic heterocycles. The van der Waals surface area contributed by atoms with E-state index in [4.69, 9.17) is 5.73 Å². The first-order valence-electron chi connectivity index (χ1n) is 15.7. The van der Waals surface area contributed by atoms with E-state index in [9.17, 15) is 4.79 Å². The number of aromatic nitrogens is 5. The monoisotopic (exact) mass is 603 g/mol. The molecule has 0 bridgehead atoms. The highest BCUT2D eigenvalue weighted by molar-refractivity contribution is 5.94. The minimum Gasteiger partial charge on any atom is -0.383 e. The van der Waals surface area contributed by atoms with Crippen molar-refractivity contribution in [1.82, 2.24) is 39.8 Å². The lowest BCUT2D eigenvalue weighted by Gasteiger charge is -2.41. The fourth-order valence-corrected chi connectivity index (χ4v) is 6.36. The highest BCUT2D eigenvalue weighted by Crippen LogP contribution is 2.33. The summed E-state index contributed by atoms with van der Waals surface area (Å²) in [4.78, 5) is 30.0. The maximum atomic E-state index is 12.5. The van der Waals surface area contributed by atoms with Crippen molar-refractivity contribution in [3.8, 4) is 0 Å². The fraction of sp³-hybridized carbons (Fsp3) is 0.343. The van der Waals surface area contributed by atoms with Gasteiger partial charge in [0.15, 0.2) is 5.65 Å². The fourth-order valence-electron chi connectivity index (χ4n) is 6.36. The second-order valence-corrected chi connectivity index (χ2v) is 11.9. The Kier molecular flexibility index (Phi) is 9.72. The van der Waals surface area contributed by atoms with Gasteiger partial charge in [-0.3, -0.25) is 14.7 Å². The Morgan fingerprint density at radius 2 is 1.47 bits per heavy atom. The molecule has 0 unspecified atom stereocenters. The molecule has 0 spiro atoms. The van der Waals surface area contributed by atoms with Crippen molar-refractivity contribution in [2.75, 3.05) is 39.0 Å². The maximum absolute atomic E-state index is 12.5. The van der Waals surface area contributed by atoms with Gasteiger partial charge < -0.3 is 16.0 Å². The van der Waals surface area contributed by atoms with Crippen LogP contribution in [0, 0.1) is 0 Å². The van der Waals surface area contributed by atoms with Gasteiger partial charge in [0.1, 0.15) is 12.1 Å². The number of likely N-dealkylation sites (N-methyl/N-ethyl adjacent to an activating group) is 1. The summed E-state index contributed by atoms with van der Waals surface area (Å²) in [6, 6.07) is 24.4. The van der Waals surface area contributed by atoms with Crippen LogP contribution in [0.4, 0.5) is 5.82 Å². The number of fused-ring (bicyclic) bond motifs is 1. The Labute approximate surface area is 264 Å². The average Bonchev–Trinajstić information content (AvgIpc) is 3.55. The van der Waals surface area contributed by atoms with Crippen molar-refractivity contribution in [2.24, 2.45) is 0 Å². The van der Waals surface area contributed by atoms with Gasteiger partial charge in [0, 0.05) is 44.6 Å². The SMILES string of the molecule is CN1CCN(C2CCC(n3ncc4c(N)ncnc43)CC2)CC1.O=C(NC(c1ccccc1)c1ccccc1)c1cccnc1. The van der Waals surface area contributed by atoms with Crippen molar-refractivity contribution in [3.63, 3.8) is 0 Å². The van der Waals surface area contributed by atoms with Crippen LogP contribution in [0.25, 0.3) is 11.0 Å². The summed E-state index contributed by atoms with van der Waals surface area (Å²) in [5.74, 6) is 0.387. The molecule has 1 amide bonds. The van der Waals surface area contributed by atoms with Gasteiger partial charge >= 0.3 is 0 Å². The van der Waals surface area contributed by atoms with Crippen LogP contribution < -0.4 is 11.1 Å². The Morgan fingerprint density at radius 3 is 2.09 bits per heavy atom. The normalized spacial score (nSPS) is 19.2. The number of nitrogens with one attached hydrogen (secondary N) is 1. The summed E-state index contributed by atoms with van der Waals surface area (Å²) in [6.45, 7) is 4.81. The summed E-state index contributed by atoms with van der Waals surface area (Å²) in [5.41, 5.74) is 9.44. The van der Waals surface area contributed by atoms with Crippen LogP contribution in [0.2, 0.25) is 0 Å². The van der Waals surface area contributed by atoms with E-state index in [1.807, 2.05) is 60.7 Å². The lowest BCUT2D eigenvalue weighted by Crippen LogP contribution is -2.49. The molecule has 3 N–H and O–H groups in total. The molecule has 7 rings (SSSR count). The van der Waals surface area contributed by atoms with E-state index in [2.05, 4.69) is 46.9 Å². The maximum Gasteiger partial charge on any atom is 0.253 e. The zero-order chi connectivity index (χ0) is 31.0. The van der Waals surface area contributed by atoms with Crippen molar-refractivity contribution < 1.29 is 4.79 Å². The first-order chi connectivity index (χ1) is 22.1. The Balaban J connectivity index is 0.000000159. The molecule has 45 heavy (non-hydrogen) atoms. The minimum atomic E-state index is -0.185. The number of anilines is 1. The number of carbonyl (C=O) groups excluding carboxylic acids is 1. The molecule has 1 aliphatic carbocycles. The zero-order valence-electron chi connectivity index (χ0n) is 25.7. The predicted molar refractivity (Wildman–Crippen MR) is 177 cm³/mol. The van der Waals surface area contributed by atoms with E-state index < -0.39 is 0 Å². The van der Waals surface area contributed by atoms with Crippen LogP contribution in [0.5, 0.6) is 0 Å². The number of nitrogens with zero attached hydrogens (tertiary/aromatic N) is 7. The lowest BCUT2D eigenvalue weighted by atomic mass is 9.90. The van der Waals surface area contributed by atoms with Crippen molar-refractivity contribution in [1.29, 1.82) is 0 Å². The summed E-state index contributed by atoms with van der Waals surface area (Å²) in [7, 11) is 2.21. The van der Waals surface area contributed by atoms with Crippen LogP contribution in [0.15, 0.2) is 97.7 Å². The number of amides is 1. The Bertz CT molecular complexity index is 1610. The quantitative estimate of drug-likeness (QED) is 0.286. The van der Waals surface area contributed by atoms with Gasteiger partial charge in [-0.2, -0.15) is 5.10 Å². The van der Waals surface area contributed by atoms with Crippen LogP contribution >= 0.6 is 0 Å². The number of benzene rings is 2. The number of piperazine rings is 1. The van der Waals surface area contributed by atoms with Gasteiger partial charge in [-0.05, 0) is 56.0 Å². The molecule has 2 aliphatic rings. The van der Waals surface area contributed by atoms with Crippen molar-refractivity contribution in [3.05, 3.63) is 114 Å². The molecule has 10 heteroatoms. The molecule has 5 aromatic rings. The highest BCUT2D eigenvalue weighted by atomic mass is 16.1. The van der Waals surface area contributed by atoms with E-state index in [0.717, 1.165) is 41.0 Å². The second kappa shape index (κ2) is 14.4. The number of carbonyl (C=O) groups is 1. The number of nitrogen functional groups attached to an aromatic ring is 1. The molecule has 0 radical (unpaired) electrons. The zero-order valence-corrected chi connectivity index (χ0v) is 25.7. The van der Waals surface area contributed by atoms with E-state index in [-0.39, 0.29) is 11.9 Å². The largest absolute Gasteiger partial charge is 0.383 e. The third-order valence-corrected chi connectivity index (χ3v) is 8.95. The molecule has 0 atom stereocenters. The predicted octanol–water partition coefficient (Wildman–Crippen LogP) is 4.74. The molecule has 1 saturated carbocycles. The van der Waals surface area contributed by atoms with Crippen LogP contribution in [-0.4, -0.2) is 79.7 Å². The van der Waals surface area contributed by atoms with Crippen LogP contribution in [0.1, 0.15) is 59.3 Å². The standard InChI is InChI=1S/C19H16N2O.C16H25N7/c22-19(17-12-7-13-20-14-17)21-18(15-8-3-1-4-9-15)16-10-5-2-6-11-16;1-21-6-8-22(9-7-21)12-2-4-13(5-3-12)23-16-14(10-20-23)15(17)18-11-19-16/h1-14,18H,(H,21,22);10-13H,2-9H2,1H3,(H2,17,18,19). The molecule has 2 fully saturated rings. The van der Waals surface area contributed by atoms with E-state index in [1.165, 1.54) is 45.3 Å². The summed E-state index contributed by atoms with van der Waals surface area (Å²) < 4.78 is 2.06. The molecule has 2 aromatic carbocycles. The first-order valence-corrected chi connectivity index (χ1v) is 15.7. The van der Waals surface area contributed by atoms with E-state index in [1.54, 1.807) is 30.7 Å². The van der Waals surface area contributed by atoms with E-state index >= 15 is 0 Å². The van der Waals surface area contributed by atoms with Crippen LogP contribution in [-0.2, 0) is 0 Å². The number of rotatable bonds is 6. The van der Waals surface area contributed by atoms with Crippen molar-refractivity contribution >= 4 is 22.8 Å². The Hall–Kier alpha value is -4.67. The molecule has 10 nitrogen and oxygen atoms in total. The first kappa shape index (κ1) is 30.4. The lowest BCUT2D eigenvalue weighted by molar-refractivity contribution is 0.0815. The molecular formula is C35H41N9O. The molecule has 1 saturated heterocycles. The smallest absolute Gasteiger partial charge is 0.253 e. The van der Waals surface area contributed by atoms with Crippen molar-refractivity contribution in [2.45, 2.75) is 43.8 Å². The minimum absolute atomic E-state index is 0.134. The second-order valence-electron chi connectivity index (χ2n) is 11.9. The molecular weight excluding hydrogens is 562 g/mol. The topological polar surface area (TPSA) is 118 Å². The third kappa shape index (κ3) is 7.35. The number of hydrogen-bond acceptors (Lipinski definition) is 8. The van der Waals surface area contributed by atoms with Gasteiger partial charge in [0.05, 0.1) is 29.2 Å². The van der Waals surface area contributed by atoms with Gasteiger partial charge in [-0.25, -0.2) is 14.6 Å². The van der Waals surface area contributed by atoms with Gasteiger partial charge in [0.25, 0.3) is 5.91 Å². The number of pyridine rings is 1. The van der Waals surface area contributed by atoms with Gasteiger partial charge in [-0.15, -0.1) is 0 Å². The molecule has 232 valence electrons. The van der Waals surface area contributed by atoms with Gasteiger partial charge in [0.2, 0.25) is 0 Å². The average molecular weight is 604 g/mol. The Morgan fingerprint density at radius 1 is 0.822 bits per heavy atom. The number of hydrogen-bond donors (Lipinski definition) is 2. The van der Waals surface area contributed by atoms with Gasteiger partial charge in [-0.1, -0.05) is 60.7 Å². The highest BCUT2D eigenvalue weighted by Gasteiger charge is 2.29. The summed E-state index contributed by atoms with van der Waals surface area (Å²) >= 11 is 0. The summed E-state index contributed by atoms with van der Waals surface area (Å²) in [6.07, 6.45) is 11.4. The van der Waals surface area contributed by atoms with E-state index in [0.29, 0.717) is 17.4 Å². The third-order valence-electron chi connectivity index (χ3n) is 8.95.